The van der Waals surface area contributed by atoms with E-state index in [-0.39, 0.29) is 6.54 Å². The molecule has 1 aliphatic rings. The first kappa shape index (κ1) is 14.7. The van der Waals surface area contributed by atoms with Gasteiger partial charge in [0.2, 0.25) is 0 Å². The molecule has 1 saturated carbocycles. The number of ether oxygens (including phenoxy) is 1. The first-order chi connectivity index (χ1) is 9.58. The molecule has 6 heteroatoms. The molecule has 1 unspecified atom stereocenters. The average molecular weight is 285 g/mol. The lowest BCUT2D eigenvalue weighted by Gasteiger charge is -2.30. The lowest BCUT2D eigenvalue weighted by atomic mass is 10.1. The van der Waals surface area contributed by atoms with Crippen LogP contribution in [0.25, 0.3) is 0 Å². The number of hydrogen-bond donors (Lipinski definition) is 1. The summed E-state index contributed by atoms with van der Waals surface area (Å²) in [6, 6.07) is 8.59. The molecule has 0 spiro atoms. The molecule has 110 valence electrons. The van der Waals surface area contributed by atoms with Crippen molar-refractivity contribution >= 4 is 6.09 Å². The molecule has 4 nitrogen and oxygen atoms in total. The summed E-state index contributed by atoms with van der Waals surface area (Å²) in [5.41, 5.74) is 0.831. The van der Waals surface area contributed by atoms with Gasteiger partial charge in [-0.3, -0.25) is 4.90 Å². The van der Waals surface area contributed by atoms with Crippen LogP contribution in [-0.4, -0.2) is 34.9 Å². The maximum absolute atomic E-state index is 12.4. The topological polar surface area (TPSA) is 49.8 Å². The lowest BCUT2D eigenvalue weighted by molar-refractivity contribution is -0.172. The second kappa shape index (κ2) is 6.65. The maximum atomic E-state index is 12.4. The zero-order chi connectivity index (χ0) is 14.5. The molecular weight excluding hydrogens is 268 g/mol. The number of nitrogens with zero attached hydrogens (tertiary/aromatic N) is 1. The number of hydrogen-bond acceptors (Lipinski definition) is 2. The van der Waals surface area contributed by atoms with Gasteiger partial charge in [0.1, 0.15) is 0 Å². The zero-order valence-electron chi connectivity index (χ0n) is 10.9. The molecular formula is C14H17F2NO3. The molecule has 0 bridgehead atoms. The summed E-state index contributed by atoms with van der Waals surface area (Å²) in [6.07, 6.45) is -0.122. The predicted molar refractivity (Wildman–Crippen MR) is 68.5 cm³/mol. The summed E-state index contributed by atoms with van der Waals surface area (Å²) >= 11 is 0. The highest BCUT2D eigenvalue weighted by molar-refractivity contribution is 5.65. The number of alkyl halides is 2. The molecule has 0 aromatic heterocycles. The average Bonchev–Trinajstić information content (AvgIpc) is 2.84. The maximum Gasteiger partial charge on any atom is 0.407 e. The molecule has 2 atom stereocenters. The Bertz CT molecular complexity index is 441. The standard InChI is InChI=1S/C14H17F2NO3/c15-13(16)20-12-8-4-7-11(12)17(14(18)19)9-10-5-2-1-3-6-10/h1-3,5-6,11-13H,4,7-9H2,(H,18,19)/t11?,12-/m0/s1. The van der Waals surface area contributed by atoms with Crippen molar-refractivity contribution in [1.82, 2.24) is 4.90 Å². The van der Waals surface area contributed by atoms with Gasteiger partial charge in [-0.25, -0.2) is 4.79 Å². The first-order valence-corrected chi connectivity index (χ1v) is 6.55. The van der Waals surface area contributed by atoms with E-state index in [1.807, 2.05) is 30.3 Å². The summed E-state index contributed by atoms with van der Waals surface area (Å²) in [6.45, 7) is -2.68. The third-order valence-corrected chi connectivity index (χ3v) is 3.54. The van der Waals surface area contributed by atoms with Crippen LogP contribution < -0.4 is 0 Å². The van der Waals surface area contributed by atoms with Crippen LogP contribution in [0.3, 0.4) is 0 Å². The van der Waals surface area contributed by atoms with Gasteiger partial charge < -0.3 is 9.84 Å². The van der Waals surface area contributed by atoms with Gasteiger partial charge in [-0.05, 0) is 24.8 Å². The van der Waals surface area contributed by atoms with E-state index in [2.05, 4.69) is 4.74 Å². The normalized spacial score (nSPS) is 22.1. The molecule has 1 N–H and O–H groups in total. The van der Waals surface area contributed by atoms with Crippen LogP contribution in [0.4, 0.5) is 13.6 Å². The number of halogens is 2. The van der Waals surface area contributed by atoms with Crippen LogP contribution in [0.5, 0.6) is 0 Å². The fourth-order valence-electron chi connectivity index (χ4n) is 2.66. The van der Waals surface area contributed by atoms with Crippen LogP contribution in [0, 0.1) is 0 Å². The number of carboxylic acid groups (broad SMARTS) is 1. The van der Waals surface area contributed by atoms with E-state index in [9.17, 15) is 18.7 Å². The van der Waals surface area contributed by atoms with Gasteiger partial charge in [0.25, 0.3) is 0 Å². The molecule has 1 amide bonds. The zero-order valence-corrected chi connectivity index (χ0v) is 10.9. The van der Waals surface area contributed by atoms with Crippen molar-refractivity contribution in [2.45, 2.75) is 44.6 Å². The van der Waals surface area contributed by atoms with Crippen molar-refractivity contribution in [3.05, 3.63) is 35.9 Å². The number of carbonyl (C=O) groups is 1. The quantitative estimate of drug-likeness (QED) is 0.902. The van der Waals surface area contributed by atoms with Crippen LogP contribution in [0.15, 0.2) is 30.3 Å². The van der Waals surface area contributed by atoms with E-state index in [1.165, 1.54) is 4.90 Å². The van der Waals surface area contributed by atoms with Gasteiger partial charge in [-0.1, -0.05) is 30.3 Å². The molecule has 0 aliphatic heterocycles. The Kier molecular flexibility index (Phi) is 4.89. The number of amides is 1. The Morgan fingerprint density at radius 2 is 2.05 bits per heavy atom. The summed E-state index contributed by atoms with van der Waals surface area (Å²) in [5, 5.41) is 9.33. The lowest BCUT2D eigenvalue weighted by Crippen LogP contribution is -2.44. The van der Waals surface area contributed by atoms with Gasteiger partial charge in [0.05, 0.1) is 12.1 Å². The van der Waals surface area contributed by atoms with Gasteiger partial charge in [-0.2, -0.15) is 8.78 Å². The van der Waals surface area contributed by atoms with Crippen molar-refractivity contribution in [3.63, 3.8) is 0 Å². The van der Waals surface area contributed by atoms with Crippen LogP contribution in [0.2, 0.25) is 0 Å². The van der Waals surface area contributed by atoms with Crippen molar-refractivity contribution < 1.29 is 23.4 Å². The van der Waals surface area contributed by atoms with Gasteiger partial charge in [0, 0.05) is 6.54 Å². The SMILES string of the molecule is O=C(O)N(Cc1ccccc1)C1CCC[C@@H]1OC(F)F. The number of benzene rings is 1. The minimum atomic E-state index is -2.87. The Labute approximate surface area is 116 Å². The minimum absolute atomic E-state index is 0.184. The van der Waals surface area contributed by atoms with Crippen LogP contribution in [0.1, 0.15) is 24.8 Å². The third kappa shape index (κ3) is 3.66. The Morgan fingerprint density at radius 3 is 2.65 bits per heavy atom. The minimum Gasteiger partial charge on any atom is -0.465 e. The highest BCUT2D eigenvalue weighted by Gasteiger charge is 2.37. The van der Waals surface area contributed by atoms with Crippen LogP contribution >= 0.6 is 0 Å². The summed E-state index contributed by atoms with van der Waals surface area (Å²) < 4.78 is 29.3. The van der Waals surface area contributed by atoms with Gasteiger partial charge in [-0.15, -0.1) is 0 Å². The van der Waals surface area contributed by atoms with Crippen molar-refractivity contribution in [2.75, 3.05) is 0 Å². The Hall–Kier alpha value is -1.69. The van der Waals surface area contributed by atoms with E-state index in [0.717, 1.165) is 5.56 Å². The van der Waals surface area contributed by atoms with E-state index in [0.29, 0.717) is 19.3 Å². The molecule has 2 rings (SSSR count). The van der Waals surface area contributed by atoms with Gasteiger partial charge in [0.15, 0.2) is 0 Å². The molecule has 0 radical (unpaired) electrons. The predicted octanol–water partition coefficient (Wildman–Crippen LogP) is 3.33. The number of rotatable bonds is 5. The van der Waals surface area contributed by atoms with E-state index in [4.69, 9.17) is 0 Å². The fourth-order valence-corrected chi connectivity index (χ4v) is 2.66. The van der Waals surface area contributed by atoms with E-state index < -0.39 is 24.9 Å². The van der Waals surface area contributed by atoms with Gasteiger partial charge >= 0.3 is 12.7 Å². The van der Waals surface area contributed by atoms with E-state index in [1.54, 1.807) is 0 Å². The highest BCUT2D eigenvalue weighted by atomic mass is 19.3. The second-order valence-corrected chi connectivity index (χ2v) is 4.83. The summed E-state index contributed by atoms with van der Waals surface area (Å²) in [5.74, 6) is 0. The fraction of sp³-hybridized carbons (Fsp3) is 0.500. The molecule has 1 aromatic carbocycles. The van der Waals surface area contributed by atoms with Crippen molar-refractivity contribution in [1.29, 1.82) is 0 Å². The molecule has 20 heavy (non-hydrogen) atoms. The Morgan fingerprint density at radius 1 is 1.35 bits per heavy atom. The summed E-state index contributed by atoms with van der Waals surface area (Å²) in [4.78, 5) is 12.6. The molecule has 0 heterocycles. The van der Waals surface area contributed by atoms with Crippen molar-refractivity contribution in [2.24, 2.45) is 0 Å². The Balaban J connectivity index is 2.09. The van der Waals surface area contributed by atoms with Crippen LogP contribution in [-0.2, 0) is 11.3 Å². The monoisotopic (exact) mass is 285 g/mol. The van der Waals surface area contributed by atoms with Crippen molar-refractivity contribution in [3.8, 4) is 0 Å². The summed E-state index contributed by atoms with van der Waals surface area (Å²) in [7, 11) is 0. The molecule has 1 aliphatic carbocycles. The third-order valence-electron chi connectivity index (χ3n) is 3.54. The smallest absolute Gasteiger partial charge is 0.407 e. The second-order valence-electron chi connectivity index (χ2n) is 4.83. The first-order valence-electron chi connectivity index (χ1n) is 6.55. The molecule has 1 aromatic rings. The van der Waals surface area contributed by atoms with E-state index >= 15 is 0 Å². The molecule has 0 saturated heterocycles. The molecule has 1 fully saturated rings. The highest BCUT2D eigenvalue weighted by Crippen LogP contribution is 2.29. The largest absolute Gasteiger partial charge is 0.465 e.